The molecule has 6 rings (SSSR count). The fourth-order valence-electron chi connectivity index (χ4n) is 8.46. The molecule has 2 N–H and O–H groups in total. The first-order chi connectivity index (χ1) is 17.4. The number of hydrogen-bond donors (Lipinski definition) is 2. The van der Waals surface area contributed by atoms with Gasteiger partial charge in [-0.1, -0.05) is 56.3 Å². The molecule has 190 valence electrons. The van der Waals surface area contributed by atoms with Crippen molar-refractivity contribution in [2.45, 2.75) is 71.3 Å². The summed E-state index contributed by atoms with van der Waals surface area (Å²) >= 11 is 1.73. The molecule has 1 aliphatic heterocycles. The lowest BCUT2D eigenvalue weighted by atomic mass is 9.49. The van der Waals surface area contributed by atoms with Crippen molar-refractivity contribution in [3.05, 3.63) is 70.1 Å². The molecule has 1 aromatic heterocycles. The molecule has 4 aliphatic rings. The Bertz CT molecular complexity index is 1160. The molecule has 2 aromatic rings. The number of allylic oxidation sites excluding steroid dienone is 2. The van der Waals surface area contributed by atoms with Gasteiger partial charge in [-0.25, -0.2) is 0 Å². The maximum atomic E-state index is 13.9. The monoisotopic (exact) mass is 502 g/mol. The molecular formula is C31H38N2O2S. The highest BCUT2D eigenvalue weighted by Crippen LogP contribution is 2.65. The van der Waals surface area contributed by atoms with E-state index in [1.54, 1.807) is 11.3 Å². The highest BCUT2D eigenvalue weighted by Gasteiger charge is 2.60. The summed E-state index contributed by atoms with van der Waals surface area (Å²) in [7, 11) is 0. The molecule has 5 heteroatoms. The smallest absolute Gasteiger partial charge is 0.224 e. The van der Waals surface area contributed by atoms with E-state index in [9.17, 15) is 9.59 Å². The molecule has 0 bridgehead atoms. The number of carbonyl (C=O) groups excluding carboxylic acids is 2. The first kappa shape index (κ1) is 24.0. The Kier molecular flexibility index (Phi) is 6.10. The van der Waals surface area contributed by atoms with Crippen LogP contribution in [0.5, 0.6) is 0 Å². The van der Waals surface area contributed by atoms with Crippen LogP contribution in [0.25, 0.3) is 0 Å². The SMILES string of the molecule is C[C@]12CC[C@H]3[C@@H](CC=C4NC(=O)CC[C@@]43C)[C@@H]1CC[C@@H]2C(=O)NC(Cc1ccccc1)c1cccs1. The van der Waals surface area contributed by atoms with Crippen LogP contribution in [0.4, 0.5) is 0 Å². The van der Waals surface area contributed by atoms with E-state index in [-0.39, 0.29) is 34.6 Å². The number of hydrogen-bond acceptors (Lipinski definition) is 3. The van der Waals surface area contributed by atoms with Gasteiger partial charge in [0.05, 0.1) is 6.04 Å². The van der Waals surface area contributed by atoms with Crippen molar-refractivity contribution in [1.29, 1.82) is 0 Å². The topological polar surface area (TPSA) is 58.2 Å². The van der Waals surface area contributed by atoms with Crippen LogP contribution in [-0.4, -0.2) is 11.8 Å². The average molecular weight is 503 g/mol. The molecule has 2 heterocycles. The van der Waals surface area contributed by atoms with Gasteiger partial charge in [-0.05, 0) is 85.1 Å². The molecule has 2 saturated carbocycles. The summed E-state index contributed by atoms with van der Waals surface area (Å²) in [6, 6.07) is 14.8. The van der Waals surface area contributed by atoms with E-state index in [1.807, 2.05) is 6.07 Å². The molecule has 36 heavy (non-hydrogen) atoms. The van der Waals surface area contributed by atoms with Gasteiger partial charge < -0.3 is 10.6 Å². The third-order valence-electron chi connectivity index (χ3n) is 10.4. The summed E-state index contributed by atoms with van der Waals surface area (Å²) in [4.78, 5) is 27.2. The van der Waals surface area contributed by atoms with Crippen LogP contribution in [0.3, 0.4) is 0 Å². The lowest BCUT2D eigenvalue weighted by molar-refractivity contribution is -0.133. The second kappa shape index (κ2) is 9.16. The van der Waals surface area contributed by atoms with Crippen molar-refractivity contribution in [2.75, 3.05) is 0 Å². The van der Waals surface area contributed by atoms with Gasteiger partial charge in [0, 0.05) is 28.3 Å². The molecule has 1 saturated heterocycles. The molecule has 1 unspecified atom stereocenters. The van der Waals surface area contributed by atoms with E-state index in [0.717, 1.165) is 44.9 Å². The van der Waals surface area contributed by atoms with Crippen molar-refractivity contribution < 1.29 is 9.59 Å². The molecule has 0 radical (unpaired) electrons. The third-order valence-corrected chi connectivity index (χ3v) is 11.4. The third kappa shape index (κ3) is 3.95. The molecule has 1 aromatic carbocycles. The number of rotatable bonds is 5. The van der Waals surface area contributed by atoms with Crippen LogP contribution in [0.1, 0.15) is 75.3 Å². The fourth-order valence-corrected chi connectivity index (χ4v) is 9.24. The lowest BCUT2D eigenvalue weighted by Crippen LogP contribution is -2.54. The lowest BCUT2D eigenvalue weighted by Gasteiger charge is -2.57. The van der Waals surface area contributed by atoms with Crippen LogP contribution < -0.4 is 10.6 Å². The number of thiophene rings is 1. The summed E-state index contributed by atoms with van der Waals surface area (Å²) in [5.41, 5.74) is 2.57. The number of fused-ring (bicyclic) bond motifs is 5. The van der Waals surface area contributed by atoms with E-state index in [2.05, 4.69) is 72.3 Å². The van der Waals surface area contributed by atoms with Crippen molar-refractivity contribution >= 4 is 23.2 Å². The molecular weight excluding hydrogens is 464 g/mol. The van der Waals surface area contributed by atoms with E-state index >= 15 is 0 Å². The Morgan fingerprint density at radius 1 is 1.08 bits per heavy atom. The van der Waals surface area contributed by atoms with Crippen molar-refractivity contribution in [2.24, 2.45) is 34.5 Å². The normalized spacial score (nSPS) is 36.1. The van der Waals surface area contributed by atoms with Gasteiger partial charge in [-0.2, -0.15) is 0 Å². The number of nitrogens with one attached hydrogen (secondary N) is 2. The first-order valence-corrected chi connectivity index (χ1v) is 14.6. The highest BCUT2D eigenvalue weighted by atomic mass is 32.1. The molecule has 3 fully saturated rings. The maximum Gasteiger partial charge on any atom is 0.224 e. The number of amides is 2. The second-order valence-corrected chi connectivity index (χ2v) is 13.1. The van der Waals surface area contributed by atoms with Gasteiger partial charge in [0.25, 0.3) is 0 Å². The number of carbonyl (C=O) groups is 2. The standard InChI is InChI=1S/C31H38N2O2S/c1-30-16-14-23-21(10-13-27-31(23,2)17-15-28(34)33-27)22(30)11-12-24(30)29(35)32-25(26-9-6-18-36-26)19-20-7-4-3-5-8-20/h3-9,13,18,21-25H,10-12,14-17,19H2,1-2H3,(H,32,35)(H,33,34)/t21-,22-,23-,24+,25?,30-,31+/m0/s1. The summed E-state index contributed by atoms with van der Waals surface area (Å²) < 4.78 is 0. The quantitative estimate of drug-likeness (QED) is 0.496. The largest absolute Gasteiger partial charge is 0.348 e. The van der Waals surface area contributed by atoms with Crippen molar-refractivity contribution in [3.8, 4) is 0 Å². The summed E-state index contributed by atoms with van der Waals surface area (Å²) in [6.45, 7) is 4.79. The van der Waals surface area contributed by atoms with Gasteiger partial charge in [0.1, 0.15) is 0 Å². The zero-order valence-electron chi connectivity index (χ0n) is 21.5. The van der Waals surface area contributed by atoms with E-state index in [1.165, 1.54) is 16.1 Å². The minimum absolute atomic E-state index is 0.0174. The molecule has 4 nitrogen and oxygen atoms in total. The number of benzene rings is 1. The zero-order valence-corrected chi connectivity index (χ0v) is 22.3. The molecule has 0 spiro atoms. The van der Waals surface area contributed by atoms with Crippen molar-refractivity contribution in [1.82, 2.24) is 10.6 Å². The first-order valence-electron chi connectivity index (χ1n) is 13.8. The Morgan fingerprint density at radius 2 is 1.92 bits per heavy atom. The van der Waals surface area contributed by atoms with Gasteiger partial charge in [0.15, 0.2) is 0 Å². The average Bonchev–Trinajstić information content (AvgIpc) is 3.53. The van der Waals surface area contributed by atoms with Crippen molar-refractivity contribution in [3.63, 3.8) is 0 Å². The Hall–Kier alpha value is -2.40. The predicted molar refractivity (Wildman–Crippen MR) is 144 cm³/mol. The molecule has 7 atom stereocenters. The van der Waals surface area contributed by atoms with Gasteiger partial charge >= 0.3 is 0 Å². The van der Waals surface area contributed by atoms with Crippen LogP contribution in [0.2, 0.25) is 0 Å². The van der Waals surface area contributed by atoms with E-state index in [4.69, 9.17) is 0 Å². The Morgan fingerprint density at radius 3 is 2.69 bits per heavy atom. The summed E-state index contributed by atoms with van der Waals surface area (Å²) in [5.74, 6) is 2.29. The van der Waals surface area contributed by atoms with Gasteiger partial charge in [0.2, 0.25) is 11.8 Å². The minimum Gasteiger partial charge on any atom is -0.348 e. The zero-order chi connectivity index (χ0) is 24.9. The van der Waals surface area contributed by atoms with E-state index < -0.39 is 0 Å². The van der Waals surface area contributed by atoms with Crippen LogP contribution in [0, 0.1) is 34.5 Å². The van der Waals surface area contributed by atoms with Gasteiger partial charge in [-0.15, -0.1) is 11.3 Å². The van der Waals surface area contributed by atoms with Crippen LogP contribution in [0.15, 0.2) is 59.6 Å². The predicted octanol–water partition coefficient (Wildman–Crippen LogP) is 6.41. The Labute approximate surface area is 219 Å². The maximum absolute atomic E-state index is 13.9. The number of piperidine rings is 1. The molecule has 3 aliphatic carbocycles. The van der Waals surface area contributed by atoms with E-state index in [0.29, 0.717) is 24.2 Å². The second-order valence-electron chi connectivity index (χ2n) is 12.1. The summed E-state index contributed by atoms with van der Waals surface area (Å²) in [5, 5.41) is 8.82. The highest BCUT2D eigenvalue weighted by molar-refractivity contribution is 7.10. The summed E-state index contributed by atoms with van der Waals surface area (Å²) in [6.07, 6.45) is 10.2. The Balaban J connectivity index is 1.21. The van der Waals surface area contributed by atoms with Gasteiger partial charge in [-0.3, -0.25) is 9.59 Å². The minimum atomic E-state index is 0.0174. The molecule has 2 amide bonds. The van der Waals surface area contributed by atoms with Crippen LogP contribution >= 0.6 is 11.3 Å². The fraction of sp³-hybridized carbons (Fsp3) is 0.548. The van der Waals surface area contributed by atoms with Crippen LogP contribution in [-0.2, 0) is 16.0 Å².